The molecule has 0 amide bonds. The van der Waals surface area contributed by atoms with Crippen LogP contribution in [-0.2, 0) is 17.3 Å². The summed E-state index contributed by atoms with van der Waals surface area (Å²) in [6.07, 6.45) is 7.12. The van der Waals surface area contributed by atoms with Gasteiger partial charge < -0.3 is 9.47 Å². The smallest absolute Gasteiger partial charge is 0.311 e. The lowest BCUT2D eigenvalue weighted by molar-refractivity contribution is -0.248. The van der Waals surface area contributed by atoms with Gasteiger partial charge in [-0.2, -0.15) is 0 Å². The summed E-state index contributed by atoms with van der Waals surface area (Å²) < 4.78 is 17.1. The maximum Gasteiger partial charge on any atom is 0.311 e. The van der Waals surface area contributed by atoms with Gasteiger partial charge in [0.1, 0.15) is 35.0 Å². The summed E-state index contributed by atoms with van der Waals surface area (Å²) in [5.41, 5.74) is -0.467. The zero-order chi connectivity index (χ0) is 14.8. The first-order chi connectivity index (χ1) is 9.34. The Hall–Kier alpha value is 0.120. The van der Waals surface area contributed by atoms with E-state index in [1.807, 2.05) is 43.8 Å². The Bertz CT molecular complexity index is 352. The van der Waals surface area contributed by atoms with Crippen molar-refractivity contribution in [1.29, 1.82) is 0 Å². The van der Waals surface area contributed by atoms with Crippen molar-refractivity contribution in [3.05, 3.63) is 0 Å². The fourth-order valence-electron chi connectivity index (χ4n) is 3.21. The van der Waals surface area contributed by atoms with Crippen LogP contribution in [0.5, 0.6) is 0 Å². The van der Waals surface area contributed by atoms with E-state index < -0.39 is 11.4 Å². The van der Waals surface area contributed by atoms with Crippen molar-refractivity contribution in [2.24, 2.45) is 5.92 Å². The maximum atomic E-state index is 12.1. The number of carbonyl (C=O) groups is 1. The molecule has 3 unspecified atom stereocenters. The van der Waals surface area contributed by atoms with Gasteiger partial charge in [-0.15, -0.1) is 0 Å². The molecule has 2 rings (SSSR count). The van der Waals surface area contributed by atoms with E-state index in [-0.39, 0.29) is 18.5 Å². The minimum atomic E-state index is -0.790. The van der Waals surface area contributed by atoms with Gasteiger partial charge in [-0.05, 0) is 46.0 Å². The quantitative estimate of drug-likeness (QED) is 0.531. The van der Waals surface area contributed by atoms with Crippen molar-refractivity contribution in [3.63, 3.8) is 0 Å². The molecule has 1 aliphatic heterocycles. The van der Waals surface area contributed by atoms with E-state index in [4.69, 9.17) is 12.5 Å². The summed E-state index contributed by atoms with van der Waals surface area (Å²) in [7, 11) is 0. The number of rotatable bonds is 3. The predicted octanol–water partition coefficient (Wildman–Crippen LogP) is 4.15. The Labute approximate surface area is 135 Å². The predicted molar refractivity (Wildman–Crippen MR) is 84.4 cm³/mol. The molecule has 0 aromatic rings. The molecule has 0 N–H and O–H groups in total. The van der Waals surface area contributed by atoms with Crippen LogP contribution in [0.4, 0.5) is 0 Å². The van der Waals surface area contributed by atoms with Crippen molar-refractivity contribution in [3.8, 4) is 0 Å². The minimum absolute atomic E-state index is 0.177. The third kappa shape index (κ3) is 4.31. The Balaban J connectivity index is 1.97. The van der Waals surface area contributed by atoms with Gasteiger partial charge in [0.25, 0.3) is 0 Å². The standard InChI is InChI=1S/C15H25IO4/c1-14(2,3)19-13(17)10-15(20-16)9-8-11-6-4-5-7-12(11)18-15/h11-12H,4-10H2,1-3H3. The van der Waals surface area contributed by atoms with Gasteiger partial charge in [-0.25, -0.2) is 0 Å². The van der Waals surface area contributed by atoms with Crippen LogP contribution >= 0.6 is 23.0 Å². The van der Waals surface area contributed by atoms with Gasteiger partial charge >= 0.3 is 5.97 Å². The number of hydrogen-bond acceptors (Lipinski definition) is 4. The molecular weight excluding hydrogens is 371 g/mol. The number of hydrogen-bond donors (Lipinski definition) is 0. The third-order valence-electron chi connectivity index (χ3n) is 4.08. The highest BCUT2D eigenvalue weighted by Crippen LogP contribution is 2.43. The molecule has 2 aliphatic rings. The Kier molecular flexibility index (Phi) is 5.34. The molecule has 4 nitrogen and oxygen atoms in total. The van der Waals surface area contributed by atoms with E-state index in [1.165, 1.54) is 19.3 Å². The zero-order valence-corrected chi connectivity index (χ0v) is 14.8. The van der Waals surface area contributed by atoms with Crippen molar-refractivity contribution in [2.45, 2.75) is 83.2 Å². The number of esters is 1. The van der Waals surface area contributed by atoms with E-state index in [0.717, 1.165) is 19.3 Å². The second-order valence-electron chi connectivity index (χ2n) is 6.99. The first kappa shape index (κ1) is 16.5. The van der Waals surface area contributed by atoms with Crippen LogP contribution in [0.2, 0.25) is 0 Å². The van der Waals surface area contributed by atoms with E-state index in [9.17, 15) is 4.79 Å². The molecule has 0 spiro atoms. The molecule has 0 bridgehead atoms. The Morgan fingerprint density at radius 1 is 1.30 bits per heavy atom. The van der Waals surface area contributed by atoms with Crippen LogP contribution in [0.3, 0.4) is 0 Å². The van der Waals surface area contributed by atoms with Crippen LogP contribution in [0, 0.1) is 5.92 Å². The van der Waals surface area contributed by atoms with Crippen LogP contribution in [0.25, 0.3) is 0 Å². The molecule has 1 saturated heterocycles. The minimum Gasteiger partial charge on any atom is -0.460 e. The number of carbonyl (C=O) groups excluding carboxylic acids is 1. The van der Waals surface area contributed by atoms with Crippen molar-refractivity contribution < 1.29 is 17.3 Å². The largest absolute Gasteiger partial charge is 0.460 e. The first-order valence-electron chi connectivity index (χ1n) is 7.53. The third-order valence-corrected chi connectivity index (χ3v) is 4.88. The molecule has 0 aromatic heterocycles. The van der Waals surface area contributed by atoms with Gasteiger partial charge in [0.15, 0.2) is 5.79 Å². The topological polar surface area (TPSA) is 44.8 Å². The average Bonchev–Trinajstić information content (AvgIpc) is 2.36. The summed E-state index contributed by atoms with van der Waals surface area (Å²) in [6, 6.07) is 0. The fraction of sp³-hybridized carbons (Fsp3) is 0.933. The van der Waals surface area contributed by atoms with Crippen molar-refractivity contribution >= 4 is 29.0 Å². The summed E-state index contributed by atoms with van der Waals surface area (Å²) in [5, 5.41) is 0. The lowest BCUT2D eigenvalue weighted by atomic mass is 9.79. The first-order valence-corrected chi connectivity index (χ1v) is 8.41. The van der Waals surface area contributed by atoms with Gasteiger partial charge in [-0.1, -0.05) is 12.8 Å². The van der Waals surface area contributed by atoms with E-state index in [1.54, 1.807) is 0 Å². The second kappa shape index (κ2) is 6.48. The molecule has 2 fully saturated rings. The van der Waals surface area contributed by atoms with Gasteiger partial charge in [-0.3, -0.25) is 7.86 Å². The van der Waals surface area contributed by atoms with E-state index in [2.05, 4.69) is 0 Å². The second-order valence-corrected chi connectivity index (χ2v) is 7.43. The molecule has 0 aromatic carbocycles. The van der Waals surface area contributed by atoms with E-state index >= 15 is 0 Å². The molecule has 1 saturated carbocycles. The van der Waals surface area contributed by atoms with Crippen LogP contribution < -0.4 is 0 Å². The lowest BCUT2D eigenvalue weighted by Crippen LogP contribution is -2.48. The Morgan fingerprint density at radius 2 is 2.00 bits per heavy atom. The van der Waals surface area contributed by atoms with Gasteiger partial charge in [0.2, 0.25) is 0 Å². The average molecular weight is 396 g/mol. The highest BCUT2D eigenvalue weighted by molar-refractivity contribution is 14.1. The zero-order valence-electron chi connectivity index (χ0n) is 12.6. The van der Waals surface area contributed by atoms with Gasteiger partial charge in [0.05, 0.1) is 6.10 Å². The Morgan fingerprint density at radius 3 is 2.65 bits per heavy atom. The summed E-state index contributed by atoms with van der Waals surface area (Å²) in [5.74, 6) is -0.396. The highest BCUT2D eigenvalue weighted by atomic mass is 127. The maximum absolute atomic E-state index is 12.1. The van der Waals surface area contributed by atoms with Gasteiger partial charge in [0, 0.05) is 6.42 Å². The fourth-order valence-corrected chi connectivity index (χ4v) is 3.69. The van der Waals surface area contributed by atoms with Crippen molar-refractivity contribution in [2.75, 3.05) is 0 Å². The molecule has 5 heteroatoms. The highest BCUT2D eigenvalue weighted by Gasteiger charge is 2.45. The van der Waals surface area contributed by atoms with Crippen LogP contribution in [0.1, 0.15) is 65.7 Å². The molecular formula is C15H25IO4. The van der Waals surface area contributed by atoms with E-state index in [0.29, 0.717) is 5.92 Å². The molecule has 1 aliphatic carbocycles. The molecule has 116 valence electrons. The SMILES string of the molecule is CC(C)(C)OC(=O)CC1(OI)CCC2CCCCC2O1. The molecule has 3 atom stereocenters. The summed E-state index contributed by atoms with van der Waals surface area (Å²) in [6.45, 7) is 5.63. The normalized spacial score (nSPS) is 34.4. The van der Waals surface area contributed by atoms with Crippen LogP contribution in [-0.4, -0.2) is 23.5 Å². The monoisotopic (exact) mass is 396 g/mol. The van der Waals surface area contributed by atoms with Crippen LogP contribution in [0.15, 0.2) is 0 Å². The molecule has 20 heavy (non-hydrogen) atoms. The lowest BCUT2D eigenvalue weighted by Gasteiger charge is -2.45. The van der Waals surface area contributed by atoms with Crippen molar-refractivity contribution in [1.82, 2.24) is 0 Å². The number of halogens is 1. The summed E-state index contributed by atoms with van der Waals surface area (Å²) >= 11 is 1.86. The number of fused-ring (bicyclic) bond motifs is 1. The molecule has 1 heterocycles. The summed E-state index contributed by atoms with van der Waals surface area (Å²) in [4.78, 5) is 12.1. The number of ether oxygens (including phenoxy) is 2. The molecule has 0 radical (unpaired) electrons.